The first kappa shape index (κ1) is 8.30. The van der Waals surface area contributed by atoms with Crippen LogP contribution in [0, 0.1) is 0 Å². The highest BCUT2D eigenvalue weighted by molar-refractivity contribution is 14.1. The molecule has 0 aliphatic carbocycles. The number of rotatable bonds is 1. The summed E-state index contributed by atoms with van der Waals surface area (Å²) in [6.07, 6.45) is 1.13. The molecule has 2 nitrogen and oxygen atoms in total. The Bertz CT molecular complexity index is 154. The molecule has 0 saturated heterocycles. The SMILES string of the molecule is CC1=NN(C(C)I)[C@@H](C)C1. The van der Waals surface area contributed by atoms with Crippen LogP contribution in [0.1, 0.15) is 27.2 Å². The van der Waals surface area contributed by atoms with Crippen molar-refractivity contribution in [3.8, 4) is 0 Å². The van der Waals surface area contributed by atoms with Crippen molar-refractivity contribution in [1.82, 2.24) is 5.01 Å². The summed E-state index contributed by atoms with van der Waals surface area (Å²) < 4.78 is 0.519. The highest BCUT2D eigenvalue weighted by Crippen LogP contribution is 2.20. The zero-order valence-corrected chi connectivity index (χ0v) is 8.79. The molecule has 0 amide bonds. The molecule has 0 N–H and O–H groups in total. The zero-order valence-electron chi connectivity index (χ0n) is 6.63. The number of alkyl halides is 1. The summed E-state index contributed by atoms with van der Waals surface area (Å²) in [6.45, 7) is 6.48. The zero-order chi connectivity index (χ0) is 7.72. The molecule has 0 bridgehead atoms. The van der Waals surface area contributed by atoms with Crippen LogP contribution in [0.2, 0.25) is 0 Å². The highest BCUT2D eigenvalue weighted by atomic mass is 127. The van der Waals surface area contributed by atoms with Gasteiger partial charge in [-0.05, 0) is 20.8 Å². The lowest BCUT2D eigenvalue weighted by molar-refractivity contribution is 0.247. The molecule has 1 rings (SSSR count). The molecule has 0 saturated carbocycles. The van der Waals surface area contributed by atoms with E-state index in [2.05, 4.69) is 53.5 Å². The maximum Gasteiger partial charge on any atom is 0.0956 e. The van der Waals surface area contributed by atoms with Crippen molar-refractivity contribution in [1.29, 1.82) is 0 Å². The fraction of sp³-hybridized carbons (Fsp3) is 0.857. The lowest BCUT2D eigenvalue weighted by Crippen LogP contribution is -2.28. The lowest BCUT2D eigenvalue weighted by Gasteiger charge is -2.22. The Balaban J connectivity index is 2.60. The van der Waals surface area contributed by atoms with Crippen LogP contribution >= 0.6 is 22.6 Å². The number of halogens is 1. The van der Waals surface area contributed by atoms with Crippen LogP contribution in [0.4, 0.5) is 0 Å². The summed E-state index contributed by atoms with van der Waals surface area (Å²) in [4.78, 5) is 0. The summed E-state index contributed by atoms with van der Waals surface area (Å²) in [5.74, 6) is 0. The molecule has 1 heterocycles. The van der Waals surface area contributed by atoms with Gasteiger partial charge in [0.1, 0.15) is 0 Å². The van der Waals surface area contributed by atoms with E-state index in [0.29, 0.717) is 10.1 Å². The van der Waals surface area contributed by atoms with E-state index >= 15 is 0 Å². The molecular weight excluding hydrogens is 239 g/mol. The minimum atomic E-state index is 0.519. The fourth-order valence-electron chi connectivity index (χ4n) is 1.29. The van der Waals surface area contributed by atoms with Gasteiger partial charge in [-0.1, -0.05) is 22.6 Å². The Kier molecular flexibility index (Phi) is 2.55. The van der Waals surface area contributed by atoms with Gasteiger partial charge < -0.3 is 0 Å². The van der Waals surface area contributed by atoms with E-state index in [1.807, 2.05) is 0 Å². The minimum absolute atomic E-state index is 0.519. The summed E-state index contributed by atoms with van der Waals surface area (Å²) in [6, 6.07) is 0.604. The van der Waals surface area contributed by atoms with Crippen LogP contribution in [0.3, 0.4) is 0 Å². The van der Waals surface area contributed by atoms with Crippen molar-refractivity contribution in [2.75, 3.05) is 0 Å². The topological polar surface area (TPSA) is 15.6 Å². The smallest absolute Gasteiger partial charge is 0.0956 e. The second-order valence-electron chi connectivity index (χ2n) is 2.84. The number of nitrogens with zero attached hydrogens (tertiary/aromatic N) is 2. The average molecular weight is 252 g/mol. The van der Waals surface area contributed by atoms with Crippen molar-refractivity contribution in [2.24, 2.45) is 5.10 Å². The quantitative estimate of drug-likeness (QED) is 0.397. The van der Waals surface area contributed by atoms with Crippen molar-refractivity contribution >= 4 is 28.3 Å². The van der Waals surface area contributed by atoms with Gasteiger partial charge >= 0.3 is 0 Å². The Morgan fingerprint density at radius 2 is 2.40 bits per heavy atom. The van der Waals surface area contributed by atoms with Crippen molar-refractivity contribution in [3.05, 3.63) is 0 Å². The first-order valence-corrected chi connectivity index (χ1v) is 4.82. The van der Waals surface area contributed by atoms with E-state index in [4.69, 9.17) is 0 Å². The normalized spacial score (nSPS) is 28.6. The summed E-state index contributed by atoms with van der Waals surface area (Å²) >= 11 is 2.39. The molecule has 0 aromatic carbocycles. The summed E-state index contributed by atoms with van der Waals surface area (Å²) in [5, 5.41) is 6.57. The molecule has 0 aromatic heterocycles. The second kappa shape index (κ2) is 3.07. The van der Waals surface area contributed by atoms with Gasteiger partial charge in [0.2, 0.25) is 0 Å². The van der Waals surface area contributed by atoms with Crippen molar-refractivity contribution in [2.45, 2.75) is 37.3 Å². The maximum absolute atomic E-state index is 4.41. The second-order valence-corrected chi connectivity index (χ2v) is 4.65. The van der Waals surface area contributed by atoms with Gasteiger partial charge in [0, 0.05) is 12.1 Å². The van der Waals surface area contributed by atoms with Gasteiger partial charge in [0.05, 0.1) is 10.1 Å². The summed E-state index contributed by atoms with van der Waals surface area (Å²) in [7, 11) is 0. The molecule has 1 aliphatic rings. The van der Waals surface area contributed by atoms with E-state index in [1.165, 1.54) is 5.71 Å². The maximum atomic E-state index is 4.41. The monoisotopic (exact) mass is 252 g/mol. The van der Waals surface area contributed by atoms with E-state index in [9.17, 15) is 0 Å². The van der Waals surface area contributed by atoms with Gasteiger partial charge in [-0.3, -0.25) is 5.01 Å². The predicted molar refractivity (Wildman–Crippen MR) is 52.5 cm³/mol. The van der Waals surface area contributed by atoms with Crippen LogP contribution in [0.5, 0.6) is 0 Å². The third-order valence-electron chi connectivity index (χ3n) is 1.69. The Hall–Kier alpha value is 0.200. The molecule has 0 aromatic rings. The highest BCUT2D eigenvalue weighted by Gasteiger charge is 2.22. The van der Waals surface area contributed by atoms with Gasteiger partial charge in [-0.15, -0.1) is 0 Å². The third kappa shape index (κ3) is 1.62. The van der Waals surface area contributed by atoms with Crippen LogP contribution in [0.25, 0.3) is 0 Å². The lowest BCUT2D eigenvalue weighted by atomic mass is 10.2. The minimum Gasteiger partial charge on any atom is -0.281 e. The summed E-state index contributed by atoms with van der Waals surface area (Å²) in [5.41, 5.74) is 1.26. The van der Waals surface area contributed by atoms with E-state index in [-0.39, 0.29) is 0 Å². The standard InChI is InChI=1S/C7H13IN2/c1-5-4-6(2)10(9-5)7(3)8/h6-7H,4H2,1-3H3/t6-,7?/m0/s1. The molecule has 1 aliphatic heterocycles. The van der Waals surface area contributed by atoms with Crippen LogP contribution < -0.4 is 0 Å². The van der Waals surface area contributed by atoms with Gasteiger partial charge in [0.15, 0.2) is 0 Å². The molecule has 3 heteroatoms. The average Bonchev–Trinajstić information content (AvgIpc) is 2.10. The van der Waals surface area contributed by atoms with Gasteiger partial charge in [-0.25, -0.2) is 0 Å². The van der Waals surface area contributed by atoms with E-state index in [1.54, 1.807) is 0 Å². The molecule has 0 radical (unpaired) electrons. The van der Waals surface area contributed by atoms with Crippen molar-refractivity contribution in [3.63, 3.8) is 0 Å². The third-order valence-corrected chi connectivity index (χ3v) is 2.26. The van der Waals surface area contributed by atoms with E-state index < -0.39 is 0 Å². The van der Waals surface area contributed by atoms with Crippen molar-refractivity contribution < 1.29 is 0 Å². The predicted octanol–water partition coefficient (Wildman–Crippen LogP) is 2.24. The Labute approximate surface area is 75.8 Å². The van der Waals surface area contributed by atoms with E-state index in [0.717, 1.165) is 6.42 Å². The van der Waals surface area contributed by atoms with Gasteiger partial charge in [-0.2, -0.15) is 5.10 Å². The van der Waals surface area contributed by atoms with Gasteiger partial charge in [0.25, 0.3) is 0 Å². The Morgan fingerprint density at radius 1 is 1.80 bits per heavy atom. The molecule has 2 atom stereocenters. The molecule has 58 valence electrons. The molecular formula is C7H13IN2. The number of hydrazone groups is 1. The fourth-order valence-corrected chi connectivity index (χ4v) is 1.96. The molecule has 0 fully saturated rings. The number of hydrogen-bond donors (Lipinski definition) is 0. The largest absolute Gasteiger partial charge is 0.281 e. The number of hydrogen-bond acceptors (Lipinski definition) is 2. The van der Waals surface area contributed by atoms with Crippen LogP contribution in [0.15, 0.2) is 5.10 Å². The molecule has 10 heavy (non-hydrogen) atoms. The first-order valence-electron chi connectivity index (χ1n) is 3.57. The first-order chi connectivity index (χ1) is 4.61. The molecule has 0 spiro atoms. The Morgan fingerprint density at radius 3 is 2.60 bits per heavy atom. The molecule has 1 unspecified atom stereocenters. The van der Waals surface area contributed by atoms with Crippen LogP contribution in [-0.4, -0.2) is 20.8 Å². The van der Waals surface area contributed by atoms with Crippen LogP contribution in [-0.2, 0) is 0 Å².